The van der Waals surface area contributed by atoms with Crippen molar-refractivity contribution >= 4 is 12.1 Å². The molecule has 0 aliphatic rings. The summed E-state index contributed by atoms with van der Waals surface area (Å²) in [5.41, 5.74) is 5.72. The van der Waals surface area contributed by atoms with Crippen LogP contribution in [0.15, 0.2) is 53.6 Å². The van der Waals surface area contributed by atoms with Crippen molar-refractivity contribution < 1.29 is 9.53 Å². The molecule has 4 nitrogen and oxygen atoms in total. The highest BCUT2D eigenvalue weighted by atomic mass is 16.5. The molecule has 24 heavy (non-hydrogen) atoms. The molecule has 0 spiro atoms. The van der Waals surface area contributed by atoms with Crippen LogP contribution in [0.1, 0.15) is 42.9 Å². The third-order valence-electron chi connectivity index (χ3n) is 3.90. The van der Waals surface area contributed by atoms with E-state index in [-0.39, 0.29) is 12.5 Å². The molecule has 0 saturated heterocycles. The lowest BCUT2D eigenvalue weighted by atomic mass is 9.98. The number of hydrogen-bond donors (Lipinski definition) is 1. The van der Waals surface area contributed by atoms with Crippen LogP contribution in [0.4, 0.5) is 0 Å². The van der Waals surface area contributed by atoms with Crippen LogP contribution in [0.3, 0.4) is 0 Å². The quantitative estimate of drug-likeness (QED) is 0.617. The Kier molecular flexibility index (Phi) is 6.55. The Morgan fingerprint density at radius 1 is 1.21 bits per heavy atom. The summed E-state index contributed by atoms with van der Waals surface area (Å²) in [5, 5.41) is 3.95. The van der Waals surface area contributed by atoms with Crippen molar-refractivity contribution in [3.63, 3.8) is 0 Å². The highest BCUT2D eigenvalue weighted by Gasteiger charge is 2.10. The molecule has 0 aromatic heterocycles. The van der Waals surface area contributed by atoms with E-state index in [2.05, 4.69) is 24.4 Å². The van der Waals surface area contributed by atoms with Crippen molar-refractivity contribution in [1.29, 1.82) is 0 Å². The standard InChI is InChI=1S/C20H24N2O2/c1-4-16(3)18-7-5-6-8-19(18)24-14-20(23)22-21-13-17-11-9-15(2)10-12-17/h5-13,16H,4,14H2,1-3H3,(H,22,23)/b21-13+. The summed E-state index contributed by atoms with van der Waals surface area (Å²) in [6.45, 7) is 6.25. The maximum Gasteiger partial charge on any atom is 0.277 e. The van der Waals surface area contributed by atoms with E-state index in [1.165, 1.54) is 5.56 Å². The first-order valence-electron chi connectivity index (χ1n) is 8.20. The van der Waals surface area contributed by atoms with Gasteiger partial charge in [-0.15, -0.1) is 0 Å². The summed E-state index contributed by atoms with van der Waals surface area (Å²) >= 11 is 0. The Labute approximate surface area is 143 Å². The maximum absolute atomic E-state index is 11.9. The first kappa shape index (κ1) is 17.7. The summed E-state index contributed by atoms with van der Waals surface area (Å²) in [4.78, 5) is 11.9. The summed E-state index contributed by atoms with van der Waals surface area (Å²) in [6.07, 6.45) is 2.64. The molecule has 2 rings (SSSR count). The average Bonchev–Trinajstić information content (AvgIpc) is 2.61. The lowest BCUT2D eigenvalue weighted by Crippen LogP contribution is -2.24. The molecular weight excluding hydrogens is 300 g/mol. The number of rotatable bonds is 7. The number of nitrogens with one attached hydrogen (secondary N) is 1. The molecule has 0 aliphatic carbocycles. The summed E-state index contributed by atoms with van der Waals surface area (Å²) in [5.74, 6) is 0.866. The minimum atomic E-state index is -0.280. The van der Waals surface area contributed by atoms with Crippen molar-refractivity contribution in [2.75, 3.05) is 6.61 Å². The first-order valence-corrected chi connectivity index (χ1v) is 8.20. The SMILES string of the molecule is CCC(C)c1ccccc1OCC(=O)N/N=C/c1ccc(C)cc1. The predicted octanol–water partition coefficient (Wildman–Crippen LogP) is 4.04. The third kappa shape index (κ3) is 5.23. The normalized spacial score (nSPS) is 12.1. The molecule has 0 radical (unpaired) electrons. The molecule has 0 bridgehead atoms. The molecule has 0 fully saturated rings. The third-order valence-corrected chi connectivity index (χ3v) is 3.90. The van der Waals surface area contributed by atoms with E-state index < -0.39 is 0 Å². The van der Waals surface area contributed by atoms with E-state index in [0.29, 0.717) is 5.92 Å². The van der Waals surface area contributed by atoms with Gasteiger partial charge in [-0.25, -0.2) is 5.43 Å². The fourth-order valence-electron chi connectivity index (χ4n) is 2.25. The largest absolute Gasteiger partial charge is 0.483 e. The number of hydrazone groups is 1. The van der Waals surface area contributed by atoms with E-state index in [1.54, 1.807) is 6.21 Å². The van der Waals surface area contributed by atoms with Gasteiger partial charge in [0.1, 0.15) is 5.75 Å². The van der Waals surface area contributed by atoms with Crippen molar-refractivity contribution in [2.24, 2.45) is 5.10 Å². The molecule has 0 aliphatic heterocycles. The van der Waals surface area contributed by atoms with Gasteiger partial charge in [0.15, 0.2) is 6.61 Å². The molecule has 126 valence electrons. The number of ether oxygens (including phenoxy) is 1. The van der Waals surface area contributed by atoms with E-state index in [1.807, 2.05) is 55.5 Å². The van der Waals surface area contributed by atoms with Crippen LogP contribution < -0.4 is 10.2 Å². The van der Waals surface area contributed by atoms with E-state index in [0.717, 1.165) is 23.3 Å². The number of para-hydroxylation sites is 1. The molecule has 1 N–H and O–H groups in total. The van der Waals surface area contributed by atoms with Gasteiger partial charge in [-0.3, -0.25) is 4.79 Å². The minimum Gasteiger partial charge on any atom is -0.483 e. The topological polar surface area (TPSA) is 50.7 Å². The number of amides is 1. The zero-order valence-corrected chi connectivity index (χ0v) is 14.5. The molecule has 4 heteroatoms. The van der Waals surface area contributed by atoms with Crippen molar-refractivity contribution in [2.45, 2.75) is 33.1 Å². The number of hydrogen-bond acceptors (Lipinski definition) is 3. The number of carbonyl (C=O) groups is 1. The summed E-state index contributed by atoms with van der Waals surface area (Å²) in [6, 6.07) is 15.7. The molecule has 0 saturated carbocycles. The van der Waals surface area contributed by atoms with Crippen LogP contribution >= 0.6 is 0 Å². The molecular formula is C20H24N2O2. The molecule has 2 aromatic rings. The maximum atomic E-state index is 11.9. The zero-order valence-electron chi connectivity index (χ0n) is 14.5. The number of aryl methyl sites for hydroxylation is 1. The smallest absolute Gasteiger partial charge is 0.277 e. The molecule has 2 aromatic carbocycles. The minimum absolute atomic E-state index is 0.0569. The van der Waals surface area contributed by atoms with Crippen LogP contribution in [0.5, 0.6) is 5.75 Å². The van der Waals surface area contributed by atoms with Crippen molar-refractivity contribution in [3.8, 4) is 5.75 Å². The number of benzene rings is 2. The Hall–Kier alpha value is -2.62. The average molecular weight is 324 g/mol. The van der Waals surface area contributed by atoms with Gasteiger partial charge < -0.3 is 4.74 Å². The molecule has 1 atom stereocenters. The number of nitrogens with zero attached hydrogens (tertiary/aromatic N) is 1. The van der Waals surface area contributed by atoms with Crippen LogP contribution in [0, 0.1) is 6.92 Å². The van der Waals surface area contributed by atoms with E-state index in [4.69, 9.17) is 4.74 Å². The van der Waals surface area contributed by atoms with Gasteiger partial charge in [0.2, 0.25) is 0 Å². The van der Waals surface area contributed by atoms with Gasteiger partial charge in [-0.2, -0.15) is 5.10 Å². The second-order valence-corrected chi connectivity index (χ2v) is 5.84. The van der Waals surface area contributed by atoms with Gasteiger partial charge >= 0.3 is 0 Å². The van der Waals surface area contributed by atoms with Gasteiger partial charge in [0, 0.05) is 0 Å². The Morgan fingerprint density at radius 2 is 1.92 bits per heavy atom. The van der Waals surface area contributed by atoms with Gasteiger partial charge in [-0.05, 0) is 36.5 Å². The zero-order chi connectivity index (χ0) is 17.4. The Morgan fingerprint density at radius 3 is 2.62 bits per heavy atom. The second-order valence-electron chi connectivity index (χ2n) is 5.84. The van der Waals surface area contributed by atoms with Crippen LogP contribution in [0.25, 0.3) is 0 Å². The highest BCUT2D eigenvalue weighted by molar-refractivity contribution is 5.82. The summed E-state index contributed by atoms with van der Waals surface area (Å²) < 4.78 is 5.65. The highest BCUT2D eigenvalue weighted by Crippen LogP contribution is 2.28. The Bertz CT molecular complexity index is 693. The van der Waals surface area contributed by atoms with Crippen LogP contribution in [-0.2, 0) is 4.79 Å². The number of carbonyl (C=O) groups excluding carboxylic acids is 1. The van der Waals surface area contributed by atoms with Gasteiger partial charge in [0.25, 0.3) is 5.91 Å². The molecule has 1 unspecified atom stereocenters. The molecule has 0 heterocycles. The second kappa shape index (κ2) is 8.87. The van der Waals surface area contributed by atoms with Crippen molar-refractivity contribution in [3.05, 3.63) is 65.2 Å². The monoisotopic (exact) mass is 324 g/mol. The van der Waals surface area contributed by atoms with E-state index >= 15 is 0 Å². The summed E-state index contributed by atoms with van der Waals surface area (Å²) in [7, 11) is 0. The van der Waals surface area contributed by atoms with Crippen LogP contribution in [-0.4, -0.2) is 18.7 Å². The van der Waals surface area contributed by atoms with Crippen LogP contribution in [0.2, 0.25) is 0 Å². The first-order chi connectivity index (χ1) is 11.6. The lowest BCUT2D eigenvalue weighted by Gasteiger charge is -2.15. The van der Waals surface area contributed by atoms with E-state index in [9.17, 15) is 4.79 Å². The fourth-order valence-corrected chi connectivity index (χ4v) is 2.25. The Balaban J connectivity index is 1.86. The van der Waals surface area contributed by atoms with Gasteiger partial charge in [-0.1, -0.05) is 61.9 Å². The molecule has 1 amide bonds. The van der Waals surface area contributed by atoms with Crippen molar-refractivity contribution in [1.82, 2.24) is 5.43 Å². The van der Waals surface area contributed by atoms with Gasteiger partial charge in [0.05, 0.1) is 6.21 Å². The lowest BCUT2D eigenvalue weighted by molar-refractivity contribution is -0.123. The predicted molar refractivity (Wildman–Crippen MR) is 97.6 cm³/mol. The fraction of sp³-hybridized carbons (Fsp3) is 0.300.